The van der Waals surface area contributed by atoms with Crippen molar-refractivity contribution in [3.63, 3.8) is 0 Å². The molecule has 0 bridgehead atoms. The second-order valence-electron chi connectivity index (χ2n) is 7.69. The highest BCUT2D eigenvalue weighted by Gasteiger charge is 2.26. The molecule has 2 amide bonds. The minimum Gasteiger partial charge on any atom is -0.484 e. The molecule has 1 unspecified atom stereocenters. The first-order valence-corrected chi connectivity index (χ1v) is 10.2. The molecule has 3 aromatic rings. The Balaban J connectivity index is 1.64. The molecule has 30 heavy (non-hydrogen) atoms. The van der Waals surface area contributed by atoms with Crippen molar-refractivity contribution in [2.45, 2.75) is 32.9 Å². The monoisotopic (exact) mass is 404 g/mol. The quantitative estimate of drug-likeness (QED) is 0.590. The first-order valence-electron chi connectivity index (χ1n) is 10.2. The van der Waals surface area contributed by atoms with E-state index in [1.54, 1.807) is 12.1 Å². The number of rotatable bonds is 8. The molecule has 0 aliphatic rings. The fourth-order valence-electron chi connectivity index (χ4n) is 3.42. The van der Waals surface area contributed by atoms with Crippen LogP contribution >= 0.6 is 0 Å². The van der Waals surface area contributed by atoms with Gasteiger partial charge in [-0.15, -0.1) is 0 Å². The predicted molar refractivity (Wildman–Crippen MR) is 119 cm³/mol. The van der Waals surface area contributed by atoms with Crippen molar-refractivity contribution in [1.82, 2.24) is 10.6 Å². The molecule has 5 heteroatoms. The smallest absolute Gasteiger partial charge is 0.258 e. The SMILES string of the molecule is CC(NC(=O)[C@@H](NC(=O)COc1ccccc1)C(C)C)c1cccc2ccccc12. The molecule has 156 valence electrons. The third-order valence-electron chi connectivity index (χ3n) is 5.03. The van der Waals surface area contributed by atoms with Crippen LogP contribution < -0.4 is 15.4 Å². The van der Waals surface area contributed by atoms with E-state index in [1.165, 1.54) is 0 Å². The number of hydrogen-bond acceptors (Lipinski definition) is 3. The van der Waals surface area contributed by atoms with Crippen molar-refractivity contribution in [2.24, 2.45) is 5.92 Å². The summed E-state index contributed by atoms with van der Waals surface area (Å²) in [5.41, 5.74) is 1.04. The van der Waals surface area contributed by atoms with Crippen LogP contribution in [0.2, 0.25) is 0 Å². The third-order valence-corrected chi connectivity index (χ3v) is 5.03. The Morgan fingerprint density at radius 3 is 2.23 bits per heavy atom. The number of carbonyl (C=O) groups excluding carboxylic acids is 2. The molecule has 5 nitrogen and oxygen atoms in total. The molecular formula is C25H28N2O3. The Bertz CT molecular complexity index is 996. The van der Waals surface area contributed by atoms with Gasteiger partial charge in [0.1, 0.15) is 11.8 Å². The third kappa shape index (κ3) is 5.38. The second-order valence-corrected chi connectivity index (χ2v) is 7.69. The minimum atomic E-state index is -0.644. The molecule has 3 rings (SSSR count). The van der Waals surface area contributed by atoms with Crippen LogP contribution in [0.25, 0.3) is 10.8 Å². The molecule has 0 aliphatic carbocycles. The van der Waals surface area contributed by atoms with E-state index >= 15 is 0 Å². The van der Waals surface area contributed by atoms with Crippen molar-refractivity contribution in [3.05, 3.63) is 78.4 Å². The molecule has 0 heterocycles. The molecule has 0 saturated heterocycles. The number of para-hydroxylation sites is 1. The average molecular weight is 405 g/mol. The molecule has 2 N–H and O–H groups in total. The fourth-order valence-corrected chi connectivity index (χ4v) is 3.42. The van der Waals surface area contributed by atoms with Crippen LogP contribution in [0.1, 0.15) is 32.4 Å². The summed E-state index contributed by atoms with van der Waals surface area (Å²) in [4.78, 5) is 25.3. The largest absolute Gasteiger partial charge is 0.484 e. The Hall–Kier alpha value is -3.34. The van der Waals surface area contributed by atoms with Crippen LogP contribution in [0.5, 0.6) is 5.75 Å². The lowest BCUT2D eigenvalue weighted by molar-refractivity contribution is -0.131. The topological polar surface area (TPSA) is 67.4 Å². The van der Waals surface area contributed by atoms with Gasteiger partial charge in [-0.05, 0) is 41.3 Å². The normalized spacial score (nSPS) is 12.9. The Morgan fingerprint density at radius 1 is 0.833 bits per heavy atom. The summed E-state index contributed by atoms with van der Waals surface area (Å²) < 4.78 is 5.48. The van der Waals surface area contributed by atoms with E-state index in [0.29, 0.717) is 5.75 Å². The first kappa shape index (κ1) is 21.4. The van der Waals surface area contributed by atoms with E-state index in [9.17, 15) is 9.59 Å². The highest BCUT2D eigenvalue weighted by atomic mass is 16.5. The molecular weight excluding hydrogens is 376 g/mol. The highest BCUT2D eigenvalue weighted by molar-refractivity contribution is 5.90. The van der Waals surface area contributed by atoms with Crippen LogP contribution in [-0.4, -0.2) is 24.5 Å². The number of ether oxygens (including phenoxy) is 1. The standard InChI is InChI=1S/C25H28N2O3/c1-17(2)24(27-23(28)16-30-20-12-5-4-6-13-20)25(29)26-18(3)21-15-9-11-19-10-7-8-14-22(19)21/h4-15,17-18,24H,16H2,1-3H3,(H,26,29)(H,27,28)/t18?,24-/m0/s1. The van der Waals surface area contributed by atoms with Gasteiger partial charge in [0.2, 0.25) is 5.91 Å². The molecule has 3 aromatic carbocycles. The van der Waals surface area contributed by atoms with Crippen molar-refractivity contribution in [3.8, 4) is 5.75 Å². The zero-order chi connectivity index (χ0) is 21.5. The maximum absolute atomic E-state index is 12.9. The summed E-state index contributed by atoms with van der Waals surface area (Å²) in [5, 5.41) is 8.09. The number of fused-ring (bicyclic) bond motifs is 1. The van der Waals surface area contributed by atoms with Crippen LogP contribution in [0.15, 0.2) is 72.8 Å². The lowest BCUT2D eigenvalue weighted by Gasteiger charge is -2.25. The van der Waals surface area contributed by atoms with Crippen molar-refractivity contribution in [2.75, 3.05) is 6.61 Å². The summed E-state index contributed by atoms with van der Waals surface area (Å²) in [6, 6.07) is 22.4. The van der Waals surface area contributed by atoms with Gasteiger partial charge in [0, 0.05) is 0 Å². The number of nitrogens with one attached hydrogen (secondary N) is 2. The van der Waals surface area contributed by atoms with E-state index in [4.69, 9.17) is 4.74 Å². The molecule has 0 radical (unpaired) electrons. The zero-order valence-electron chi connectivity index (χ0n) is 17.6. The highest BCUT2D eigenvalue weighted by Crippen LogP contribution is 2.24. The Morgan fingerprint density at radius 2 is 1.50 bits per heavy atom. The molecule has 0 aromatic heterocycles. The van der Waals surface area contributed by atoms with Gasteiger partial charge >= 0.3 is 0 Å². The minimum absolute atomic E-state index is 0.0645. The Labute approximate surface area is 177 Å². The van der Waals surface area contributed by atoms with Crippen LogP contribution in [0, 0.1) is 5.92 Å². The van der Waals surface area contributed by atoms with Crippen LogP contribution in [0.4, 0.5) is 0 Å². The van der Waals surface area contributed by atoms with Crippen molar-refractivity contribution >= 4 is 22.6 Å². The molecule has 0 fully saturated rings. The van der Waals surface area contributed by atoms with Gasteiger partial charge in [-0.2, -0.15) is 0 Å². The van der Waals surface area contributed by atoms with Crippen molar-refractivity contribution < 1.29 is 14.3 Å². The van der Waals surface area contributed by atoms with Gasteiger partial charge in [-0.1, -0.05) is 74.5 Å². The van der Waals surface area contributed by atoms with E-state index in [2.05, 4.69) is 28.8 Å². The van der Waals surface area contributed by atoms with Crippen LogP contribution in [-0.2, 0) is 9.59 Å². The summed E-state index contributed by atoms with van der Waals surface area (Å²) in [5.74, 6) is 0.0113. The maximum atomic E-state index is 12.9. The summed E-state index contributed by atoms with van der Waals surface area (Å²) in [6.07, 6.45) is 0. The molecule has 0 saturated carbocycles. The lowest BCUT2D eigenvalue weighted by atomic mass is 9.98. The molecule has 2 atom stereocenters. The Kier molecular flexibility index (Phi) is 7.07. The van der Waals surface area contributed by atoms with E-state index in [-0.39, 0.29) is 30.4 Å². The number of hydrogen-bond donors (Lipinski definition) is 2. The van der Waals surface area contributed by atoms with E-state index in [1.807, 2.05) is 63.2 Å². The average Bonchev–Trinajstić information content (AvgIpc) is 2.76. The summed E-state index contributed by atoms with van der Waals surface area (Å²) >= 11 is 0. The van der Waals surface area contributed by atoms with E-state index < -0.39 is 6.04 Å². The number of carbonyl (C=O) groups is 2. The number of benzene rings is 3. The predicted octanol–water partition coefficient (Wildman–Crippen LogP) is 4.24. The molecule has 0 aliphatic heterocycles. The van der Waals surface area contributed by atoms with Gasteiger partial charge < -0.3 is 15.4 Å². The van der Waals surface area contributed by atoms with Gasteiger partial charge in [-0.3, -0.25) is 9.59 Å². The van der Waals surface area contributed by atoms with Crippen molar-refractivity contribution in [1.29, 1.82) is 0 Å². The summed E-state index contributed by atoms with van der Waals surface area (Å²) in [7, 11) is 0. The number of amides is 2. The summed E-state index contributed by atoms with van der Waals surface area (Å²) in [6.45, 7) is 5.63. The van der Waals surface area contributed by atoms with Gasteiger partial charge in [0.05, 0.1) is 6.04 Å². The molecule has 0 spiro atoms. The maximum Gasteiger partial charge on any atom is 0.258 e. The second kappa shape index (κ2) is 9.92. The zero-order valence-corrected chi connectivity index (χ0v) is 17.6. The van der Waals surface area contributed by atoms with Gasteiger partial charge in [0.25, 0.3) is 5.91 Å². The van der Waals surface area contributed by atoms with Gasteiger partial charge in [0.15, 0.2) is 6.61 Å². The fraction of sp³-hybridized carbons (Fsp3) is 0.280. The first-order chi connectivity index (χ1) is 14.5. The van der Waals surface area contributed by atoms with Gasteiger partial charge in [-0.25, -0.2) is 0 Å². The van der Waals surface area contributed by atoms with Crippen LogP contribution in [0.3, 0.4) is 0 Å². The lowest BCUT2D eigenvalue weighted by Crippen LogP contribution is -2.51. The van der Waals surface area contributed by atoms with E-state index in [0.717, 1.165) is 16.3 Å².